The number of terminal acetylenes is 1. The number of likely N-dealkylation sites (N-methyl/N-ethyl adjacent to an activating group) is 1. The van der Waals surface area contributed by atoms with Crippen molar-refractivity contribution in [2.45, 2.75) is 25.8 Å². The third kappa shape index (κ3) is 5.31. The first-order valence-electron chi connectivity index (χ1n) is 12.5. The van der Waals surface area contributed by atoms with E-state index in [1.165, 1.54) is 27.2 Å². The van der Waals surface area contributed by atoms with Crippen LogP contribution in [0.25, 0.3) is 11.1 Å². The maximum absolute atomic E-state index is 7.05. The SMILES string of the molecule is C#Cc1ccc(-c2ccc(N(C)CCO[Si](c3ccccc3)(c3ccccc3)C(C)(C)C)cc2)cc1. The molecule has 0 saturated heterocycles. The van der Waals surface area contributed by atoms with Gasteiger partial charge in [0.1, 0.15) is 0 Å². The van der Waals surface area contributed by atoms with Crippen LogP contribution in [0.4, 0.5) is 5.69 Å². The molecule has 0 N–H and O–H groups in total. The number of hydrogen-bond acceptors (Lipinski definition) is 2. The van der Waals surface area contributed by atoms with E-state index in [0.717, 1.165) is 12.1 Å². The normalized spacial score (nSPS) is 11.6. The summed E-state index contributed by atoms with van der Waals surface area (Å²) in [4.78, 5) is 2.27. The van der Waals surface area contributed by atoms with Gasteiger partial charge in [-0.2, -0.15) is 0 Å². The Bertz CT molecular complexity index is 1250. The molecule has 0 amide bonds. The van der Waals surface area contributed by atoms with Crippen molar-refractivity contribution >= 4 is 24.4 Å². The molecule has 4 aromatic rings. The summed E-state index contributed by atoms with van der Waals surface area (Å²) in [7, 11) is -0.388. The van der Waals surface area contributed by atoms with Crippen LogP contribution in [0.5, 0.6) is 0 Å². The summed E-state index contributed by atoms with van der Waals surface area (Å²) in [5.41, 5.74) is 4.42. The quantitative estimate of drug-likeness (QED) is 0.211. The zero-order valence-electron chi connectivity index (χ0n) is 21.7. The summed E-state index contributed by atoms with van der Waals surface area (Å²) in [6.07, 6.45) is 5.48. The lowest BCUT2D eigenvalue weighted by molar-refractivity contribution is 0.306. The molecule has 0 fully saturated rings. The topological polar surface area (TPSA) is 12.5 Å². The maximum Gasteiger partial charge on any atom is 0.261 e. The van der Waals surface area contributed by atoms with Crippen molar-refractivity contribution in [2.75, 3.05) is 25.1 Å². The van der Waals surface area contributed by atoms with Gasteiger partial charge in [0.05, 0.1) is 6.61 Å². The zero-order valence-corrected chi connectivity index (χ0v) is 22.7. The van der Waals surface area contributed by atoms with Crippen LogP contribution in [0.15, 0.2) is 109 Å². The molecule has 0 heterocycles. The predicted molar refractivity (Wildman–Crippen MR) is 157 cm³/mol. The van der Waals surface area contributed by atoms with Gasteiger partial charge < -0.3 is 9.33 Å². The molecule has 3 heteroatoms. The molecule has 0 aromatic heterocycles. The largest absolute Gasteiger partial charge is 0.406 e. The van der Waals surface area contributed by atoms with Crippen LogP contribution in [0.2, 0.25) is 5.04 Å². The molecule has 0 atom stereocenters. The molecule has 0 aliphatic heterocycles. The fourth-order valence-electron chi connectivity index (χ4n) is 4.89. The summed E-state index contributed by atoms with van der Waals surface area (Å²) in [5, 5.41) is 2.60. The smallest absolute Gasteiger partial charge is 0.261 e. The molecular formula is C33H35NOSi. The molecule has 0 aliphatic rings. The molecule has 0 bridgehead atoms. The lowest BCUT2D eigenvalue weighted by Crippen LogP contribution is -2.67. The van der Waals surface area contributed by atoms with Crippen molar-refractivity contribution < 1.29 is 4.43 Å². The molecule has 0 saturated carbocycles. The van der Waals surface area contributed by atoms with Crippen molar-refractivity contribution in [1.82, 2.24) is 0 Å². The van der Waals surface area contributed by atoms with E-state index in [4.69, 9.17) is 10.8 Å². The first kappa shape index (κ1) is 25.5. The van der Waals surface area contributed by atoms with E-state index >= 15 is 0 Å². The van der Waals surface area contributed by atoms with Crippen LogP contribution in [0.3, 0.4) is 0 Å². The predicted octanol–water partition coefficient (Wildman–Crippen LogP) is 6.35. The van der Waals surface area contributed by atoms with E-state index in [9.17, 15) is 0 Å². The fraction of sp³-hybridized carbons (Fsp3) is 0.212. The van der Waals surface area contributed by atoms with Crippen LogP contribution in [-0.2, 0) is 4.43 Å². The van der Waals surface area contributed by atoms with Crippen LogP contribution < -0.4 is 15.3 Å². The van der Waals surface area contributed by atoms with Gasteiger partial charge in [0.25, 0.3) is 8.32 Å². The van der Waals surface area contributed by atoms with Gasteiger partial charge in [-0.05, 0) is 50.8 Å². The average Bonchev–Trinajstić information content (AvgIpc) is 2.91. The van der Waals surface area contributed by atoms with Crippen LogP contribution >= 0.6 is 0 Å². The lowest BCUT2D eigenvalue weighted by atomic mass is 10.0. The van der Waals surface area contributed by atoms with Gasteiger partial charge in [-0.3, -0.25) is 0 Å². The second-order valence-electron chi connectivity index (χ2n) is 10.2. The van der Waals surface area contributed by atoms with E-state index in [1.54, 1.807) is 0 Å². The highest BCUT2D eigenvalue weighted by molar-refractivity contribution is 6.99. The third-order valence-electron chi connectivity index (χ3n) is 6.86. The van der Waals surface area contributed by atoms with Crippen molar-refractivity contribution in [3.8, 4) is 23.5 Å². The Balaban J connectivity index is 1.52. The Morgan fingerprint density at radius 3 is 1.64 bits per heavy atom. The number of nitrogens with zero attached hydrogens (tertiary/aromatic N) is 1. The summed E-state index contributed by atoms with van der Waals surface area (Å²) in [6.45, 7) is 8.41. The first-order chi connectivity index (χ1) is 17.3. The highest BCUT2D eigenvalue weighted by Crippen LogP contribution is 2.36. The number of anilines is 1. The summed E-state index contributed by atoms with van der Waals surface area (Å²) in [6, 6.07) is 38.4. The third-order valence-corrected chi connectivity index (χ3v) is 11.9. The van der Waals surface area contributed by atoms with Crippen molar-refractivity contribution in [2.24, 2.45) is 0 Å². The minimum absolute atomic E-state index is 0.0229. The number of rotatable bonds is 8. The molecule has 4 aromatic carbocycles. The van der Waals surface area contributed by atoms with Crippen molar-refractivity contribution in [3.63, 3.8) is 0 Å². The van der Waals surface area contributed by atoms with E-state index in [0.29, 0.717) is 6.61 Å². The van der Waals surface area contributed by atoms with E-state index in [2.05, 4.69) is 136 Å². The summed E-state index contributed by atoms with van der Waals surface area (Å²) in [5.74, 6) is 2.67. The van der Waals surface area contributed by atoms with Gasteiger partial charge in [0, 0.05) is 24.8 Å². The Morgan fingerprint density at radius 1 is 0.722 bits per heavy atom. The minimum Gasteiger partial charge on any atom is -0.406 e. The molecule has 4 rings (SSSR count). The second kappa shape index (κ2) is 11.0. The molecule has 2 nitrogen and oxygen atoms in total. The van der Waals surface area contributed by atoms with Crippen LogP contribution in [0.1, 0.15) is 26.3 Å². The van der Waals surface area contributed by atoms with Gasteiger partial charge in [-0.1, -0.05) is 112 Å². The molecule has 0 unspecified atom stereocenters. The van der Waals surface area contributed by atoms with Crippen LogP contribution in [-0.4, -0.2) is 28.5 Å². The number of hydrogen-bond donors (Lipinski definition) is 0. The highest BCUT2D eigenvalue weighted by atomic mass is 28.4. The Kier molecular flexibility index (Phi) is 7.79. The van der Waals surface area contributed by atoms with E-state index in [-0.39, 0.29) is 5.04 Å². The van der Waals surface area contributed by atoms with Crippen molar-refractivity contribution in [1.29, 1.82) is 0 Å². The van der Waals surface area contributed by atoms with E-state index < -0.39 is 8.32 Å². The first-order valence-corrected chi connectivity index (χ1v) is 14.4. The van der Waals surface area contributed by atoms with Crippen molar-refractivity contribution in [3.05, 3.63) is 115 Å². The van der Waals surface area contributed by atoms with Gasteiger partial charge in [-0.25, -0.2) is 0 Å². The molecular weight excluding hydrogens is 454 g/mol. The average molecular weight is 490 g/mol. The van der Waals surface area contributed by atoms with Gasteiger partial charge in [0.2, 0.25) is 0 Å². The maximum atomic E-state index is 7.05. The molecule has 0 spiro atoms. The lowest BCUT2D eigenvalue weighted by Gasteiger charge is -2.43. The fourth-order valence-corrected chi connectivity index (χ4v) is 9.45. The standard InChI is InChI=1S/C33H35NOSi/c1-6-27-17-19-28(20-18-27)29-21-23-30(24-22-29)34(5)25-26-35-36(33(2,3)4,31-13-9-7-10-14-31)32-15-11-8-12-16-32/h1,7-24H,25-26H2,2-5H3. The van der Waals surface area contributed by atoms with Gasteiger partial charge in [-0.15, -0.1) is 6.42 Å². The zero-order chi connectivity index (χ0) is 25.6. The molecule has 0 radical (unpaired) electrons. The highest BCUT2D eigenvalue weighted by Gasteiger charge is 2.50. The van der Waals surface area contributed by atoms with Gasteiger partial charge >= 0.3 is 0 Å². The molecule has 36 heavy (non-hydrogen) atoms. The summed E-state index contributed by atoms with van der Waals surface area (Å²) >= 11 is 0. The molecule has 182 valence electrons. The van der Waals surface area contributed by atoms with E-state index in [1.807, 2.05) is 12.1 Å². The Hall–Kier alpha value is -3.58. The Morgan fingerprint density at radius 2 is 1.19 bits per heavy atom. The number of benzene rings is 4. The monoisotopic (exact) mass is 489 g/mol. The second-order valence-corrected chi connectivity index (χ2v) is 14.5. The van der Waals surface area contributed by atoms with Gasteiger partial charge in [0.15, 0.2) is 0 Å². The minimum atomic E-state index is -2.52. The Labute approximate surface area is 217 Å². The molecule has 0 aliphatic carbocycles. The van der Waals surface area contributed by atoms with Crippen LogP contribution in [0, 0.1) is 12.3 Å². The summed E-state index contributed by atoms with van der Waals surface area (Å²) < 4.78 is 7.05.